The van der Waals surface area contributed by atoms with Crippen LogP contribution >= 0.6 is 11.6 Å². The molecule has 0 fully saturated rings. The molecule has 0 saturated heterocycles. The van der Waals surface area contributed by atoms with Crippen LogP contribution < -0.4 is 5.32 Å². The predicted molar refractivity (Wildman–Crippen MR) is 122 cm³/mol. The van der Waals surface area contributed by atoms with Crippen molar-refractivity contribution in [3.05, 3.63) is 101 Å². The maximum Gasteiger partial charge on any atom is 0.435 e. The Bertz CT molecular complexity index is 1370. The number of para-hydroxylation sites is 1. The van der Waals surface area contributed by atoms with Crippen LogP contribution in [0.5, 0.6) is 0 Å². The molecule has 0 bridgehead atoms. The zero-order valence-corrected chi connectivity index (χ0v) is 18.7. The molecule has 188 valence electrons. The van der Waals surface area contributed by atoms with Crippen LogP contribution in [-0.2, 0) is 6.18 Å². The number of halogens is 7. The van der Waals surface area contributed by atoms with Gasteiger partial charge in [-0.3, -0.25) is 9.78 Å². The van der Waals surface area contributed by atoms with Crippen LogP contribution in [0, 0.1) is 0 Å². The molecule has 4 aromatic rings. The fourth-order valence-corrected chi connectivity index (χ4v) is 3.66. The van der Waals surface area contributed by atoms with Gasteiger partial charge in [-0.15, -0.1) is 0 Å². The quantitative estimate of drug-likeness (QED) is 0.288. The van der Waals surface area contributed by atoms with Gasteiger partial charge in [-0.2, -0.15) is 31.4 Å². The van der Waals surface area contributed by atoms with Crippen LogP contribution in [0.4, 0.5) is 26.3 Å². The van der Waals surface area contributed by atoms with Crippen LogP contribution in [0.15, 0.2) is 79.1 Å². The number of hydrogen-bond donors (Lipinski definition) is 1. The van der Waals surface area contributed by atoms with E-state index in [0.29, 0.717) is 0 Å². The van der Waals surface area contributed by atoms with Gasteiger partial charge < -0.3 is 5.32 Å². The fourth-order valence-electron chi connectivity index (χ4n) is 3.44. The molecule has 2 aromatic heterocycles. The number of alkyl halides is 6. The SMILES string of the molecule is O=C(NC(c1cccnc1)C(F)(F)F)c1ccc(-c2cc(C(F)(F)F)nn2-c2ccccc2Cl)cc1.[HH]. The van der Waals surface area contributed by atoms with Crippen LogP contribution in [-0.4, -0.2) is 26.8 Å². The van der Waals surface area contributed by atoms with Crippen molar-refractivity contribution in [2.75, 3.05) is 0 Å². The molecule has 5 nitrogen and oxygen atoms in total. The van der Waals surface area contributed by atoms with Gasteiger partial charge in [0.15, 0.2) is 11.7 Å². The van der Waals surface area contributed by atoms with E-state index in [2.05, 4.69) is 10.1 Å². The van der Waals surface area contributed by atoms with Gasteiger partial charge in [-0.1, -0.05) is 41.9 Å². The largest absolute Gasteiger partial charge is 0.435 e. The lowest BCUT2D eigenvalue weighted by molar-refractivity contribution is -0.155. The first-order chi connectivity index (χ1) is 16.9. The number of aromatic nitrogens is 3. The lowest BCUT2D eigenvalue weighted by atomic mass is 10.1. The van der Waals surface area contributed by atoms with E-state index in [-0.39, 0.29) is 34.5 Å². The highest BCUT2D eigenvalue weighted by Gasteiger charge is 2.42. The molecule has 0 radical (unpaired) electrons. The third-order valence-corrected chi connectivity index (χ3v) is 5.46. The summed E-state index contributed by atoms with van der Waals surface area (Å²) in [6.07, 6.45) is -7.22. The van der Waals surface area contributed by atoms with E-state index in [1.54, 1.807) is 12.1 Å². The molecule has 2 heterocycles. The minimum absolute atomic E-state index is 0. The van der Waals surface area contributed by atoms with Gasteiger partial charge in [-0.05, 0) is 36.4 Å². The number of nitrogens with zero attached hydrogens (tertiary/aromatic N) is 3. The normalized spacial score (nSPS) is 12.9. The molecule has 1 atom stereocenters. The van der Waals surface area contributed by atoms with Gasteiger partial charge in [0, 0.05) is 30.5 Å². The van der Waals surface area contributed by atoms with Crippen LogP contribution in [0.1, 0.15) is 29.1 Å². The minimum Gasteiger partial charge on any atom is -0.337 e. The number of carbonyl (C=O) groups excluding carboxylic acids is 1. The average molecular weight is 527 g/mol. The molecular formula is C24H17ClF6N4O. The molecule has 12 heteroatoms. The Morgan fingerprint density at radius 2 is 1.67 bits per heavy atom. The van der Waals surface area contributed by atoms with Gasteiger partial charge in [0.05, 0.1) is 16.4 Å². The Morgan fingerprint density at radius 1 is 0.972 bits per heavy atom. The molecule has 0 aliphatic heterocycles. The van der Waals surface area contributed by atoms with Gasteiger partial charge in [0.1, 0.15) is 0 Å². The van der Waals surface area contributed by atoms with E-state index in [1.807, 2.05) is 5.32 Å². The summed E-state index contributed by atoms with van der Waals surface area (Å²) in [6, 6.07) is 12.2. The highest BCUT2D eigenvalue weighted by atomic mass is 35.5. The lowest BCUT2D eigenvalue weighted by Gasteiger charge is -2.21. The summed E-state index contributed by atoms with van der Waals surface area (Å²) in [5, 5.41) is 5.73. The van der Waals surface area contributed by atoms with Crippen molar-refractivity contribution in [1.82, 2.24) is 20.1 Å². The number of carbonyl (C=O) groups is 1. The summed E-state index contributed by atoms with van der Waals surface area (Å²) >= 11 is 6.15. The average Bonchev–Trinajstić information content (AvgIpc) is 3.28. The second kappa shape index (κ2) is 9.65. The molecular weight excluding hydrogens is 510 g/mol. The van der Waals surface area contributed by atoms with E-state index in [0.717, 1.165) is 16.9 Å². The van der Waals surface area contributed by atoms with E-state index in [9.17, 15) is 31.1 Å². The van der Waals surface area contributed by atoms with Crippen molar-refractivity contribution in [3.8, 4) is 16.9 Å². The maximum atomic E-state index is 13.5. The molecule has 0 aliphatic carbocycles. The Hall–Kier alpha value is -3.86. The van der Waals surface area contributed by atoms with Crippen molar-refractivity contribution >= 4 is 17.5 Å². The second-order valence-electron chi connectivity index (χ2n) is 7.59. The second-order valence-corrected chi connectivity index (χ2v) is 7.99. The van der Waals surface area contributed by atoms with Crippen LogP contribution in [0.25, 0.3) is 16.9 Å². The first-order valence-corrected chi connectivity index (χ1v) is 10.6. The topological polar surface area (TPSA) is 59.8 Å². The number of rotatable bonds is 5. The summed E-state index contributed by atoms with van der Waals surface area (Å²) in [4.78, 5) is 16.2. The van der Waals surface area contributed by atoms with E-state index in [4.69, 9.17) is 11.6 Å². The number of benzene rings is 2. The smallest absolute Gasteiger partial charge is 0.337 e. The minimum atomic E-state index is -4.78. The van der Waals surface area contributed by atoms with Crippen molar-refractivity contribution in [2.45, 2.75) is 18.4 Å². The van der Waals surface area contributed by atoms with Crippen molar-refractivity contribution in [3.63, 3.8) is 0 Å². The van der Waals surface area contributed by atoms with E-state index < -0.39 is 30.0 Å². The third kappa shape index (κ3) is 5.35. The number of amides is 1. The number of pyridine rings is 1. The molecule has 4 rings (SSSR count). The first kappa shape index (κ1) is 25.2. The highest BCUT2D eigenvalue weighted by molar-refractivity contribution is 6.32. The van der Waals surface area contributed by atoms with Gasteiger partial charge >= 0.3 is 12.4 Å². The van der Waals surface area contributed by atoms with Crippen LogP contribution in [0.3, 0.4) is 0 Å². The number of nitrogens with one attached hydrogen (secondary N) is 1. The highest BCUT2D eigenvalue weighted by Crippen LogP contribution is 2.35. The Balaban J connectivity index is 0.00000380. The molecule has 1 unspecified atom stereocenters. The Labute approximate surface area is 206 Å². The molecule has 1 N–H and O–H groups in total. The van der Waals surface area contributed by atoms with Gasteiger partial charge in [0.25, 0.3) is 5.91 Å². The fraction of sp³-hybridized carbons (Fsp3) is 0.125. The van der Waals surface area contributed by atoms with Gasteiger partial charge in [-0.25, -0.2) is 4.68 Å². The summed E-state index contributed by atoms with van der Waals surface area (Å²) in [5.41, 5.74) is -1.10. The van der Waals surface area contributed by atoms with E-state index in [1.165, 1.54) is 54.7 Å². The van der Waals surface area contributed by atoms with E-state index >= 15 is 0 Å². The summed E-state index contributed by atoms with van der Waals surface area (Å²) in [7, 11) is 0. The lowest BCUT2D eigenvalue weighted by Crippen LogP contribution is -2.38. The molecule has 0 spiro atoms. The van der Waals surface area contributed by atoms with Crippen molar-refractivity contribution < 1.29 is 32.6 Å². The standard InChI is InChI=1S/C24H15ClF6N4O.H2/c25-17-5-1-2-6-18(17)35-19(12-20(34-35)23(26,27)28)14-7-9-15(10-8-14)22(36)33-21(24(29,30)31)16-4-3-11-32-13-16;/h1-13,21H,(H,33,36);1H. The zero-order chi connectivity index (χ0) is 26.1. The third-order valence-electron chi connectivity index (χ3n) is 5.14. The van der Waals surface area contributed by atoms with Crippen molar-refractivity contribution in [2.24, 2.45) is 0 Å². The molecule has 2 aromatic carbocycles. The van der Waals surface area contributed by atoms with Gasteiger partial charge in [0.2, 0.25) is 0 Å². The summed E-state index contributed by atoms with van der Waals surface area (Å²) in [5.74, 6) is -1.02. The predicted octanol–water partition coefficient (Wildman–Crippen LogP) is 6.89. The summed E-state index contributed by atoms with van der Waals surface area (Å²) < 4.78 is 81.8. The molecule has 1 amide bonds. The Kier molecular flexibility index (Phi) is 6.77. The first-order valence-electron chi connectivity index (χ1n) is 10.3. The van der Waals surface area contributed by atoms with Crippen LogP contribution in [0.2, 0.25) is 5.02 Å². The maximum absolute atomic E-state index is 13.5. The zero-order valence-electron chi connectivity index (χ0n) is 18.0. The molecule has 0 saturated carbocycles. The van der Waals surface area contributed by atoms with Crippen molar-refractivity contribution in [1.29, 1.82) is 0 Å². The monoisotopic (exact) mass is 526 g/mol. The number of hydrogen-bond acceptors (Lipinski definition) is 3. The Morgan fingerprint density at radius 3 is 2.25 bits per heavy atom. The molecule has 0 aliphatic rings. The molecule has 36 heavy (non-hydrogen) atoms. The summed E-state index contributed by atoms with van der Waals surface area (Å²) in [6.45, 7) is 0.